The zero-order valence-electron chi connectivity index (χ0n) is 16.7. The lowest BCUT2D eigenvalue weighted by Crippen LogP contribution is -2.62. The minimum atomic E-state index is -1.02. The molecule has 6 heteroatoms. The van der Waals surface area contributed by atoms with Crippen LogP contribution >= 0.6 is 0 Å². The molecule has 3 fully saturated rings. The predicted molar refractivity (Wildman–Crippen MR) is 111 cm³/mol. The maximum Gasteiger partial charge on any atom is 0.356 e. The highest BCUT2D eigenvalue weighted by Crippen LogP contribution is 2.41. The van der Waals surface area contributed by atoms with Gasteiger partial charge in [0.25, 0.3) is 0 Å². The number of rotatable bonds is 4. The van der Waals surface area contributed by atoms with E-state index in [0.29, 0.717) is 29.7 Å². The van der Waals surface area contributed by atoms with Gasteiger partial charge in [0.05, 0.1) is 12.4 Å². The average Bonchev–Trinajstić information content (AvgIpc) is 2.75. The summed E-state index contributed by atoms with van der Waals surface area (Å²) in [7, 11) is 0. The van der Waals surface area contributed by atoms with Crippen LogP contribution in [0.4, 0.5) is 5.82 Å². The summed E-state index contributed by atoms with van der Waals surface area (Å²) in [6, 6.07) is 12.2. The molecule has 0 spiro atoms. The number of piperidine rings is 3. The Labute approximate surface area is 171 Å². The van der Waals surface area contributed by atoms with E-state index in [9.17, 15) is 9.90 Å². The quantitative estimate of drug-likeness (QED) is 0.862. The number of carbonyl (C=O) groups is 1. The van der Waals surface area contributed by atoms with Gasteiger partial charge in [-0.15, -0.1) is 0 Å². The van der Waals surface area contributed by atoms with Crippen molar-refractivity contribution in [3.8, 4) is 0 Å². The van der Waals surface area contributed by atoms with Crippen molar-refractivity contribution in [2.75, 3.05) is 24.5 Å². The second kappa shape index (κ2) is 7.75. The first-order valence-electron chi connectivity index (χ1n) is 10.8. The van der Waals surface area contributed by atoms with Crippen LogP contribution < -0.4 is 4.90 Å². The van der Waals surface area contributed by atoms with Crippen molar-refractivity contribution in [3.63, 3.8) is 0 Å². The van der Waals surface area contributed by atoms with E-state index in [1.165, 1.54) is 37.4 Å². The number of benzene rings is 1. The highest BCUT2D eigenvalue weighted by molar-refractivity contribution is 5.85. The summed E-state index contributed by atoms with van der Waals surface area (Å²) >= 11 is 0. The van der Waals surface area contributed by atoms with E-state index in [1.807, 2.05) is 0 Å². The van der Waals surface area contributed by atoms with Crippen LogP contribution in [0.3, 0.4) is 0 Å². The number of nitrogens with zero attached hydrogens (tertiary/aromatic N) is 4. The maximum atomic E-state index is 11.3. The predicted octanol–water partition coefficient (Wildman–Crippen LogP) is 3.10. The lowest BCUT2D eigenvalue weighted by molar-refractivity contribution is -0.0187. The molecule has 6 nitrogen and oxygen atoms in total. The van der Waals surface area contributed by atoms with Gasteiger partial charge in [0, 0.05) is 31.7 Å². The number of hydrogen-bond donors (Lipinski definition) is 1. The number of carboxylic acids is 1. The van der Waals surface area contributed by atoms with Gasteiger partial charge in [-0.25, -0.2) is 9.78 Å². The Hall–Kier alpha value is -2.47. The number of aromatic nitrogens is 2. The summed E-state index contributed by atoms with van der Waals surface area (Å²) in [6.45, 7) is 3.03. The van der Waals surface area contributed by atoms with Crippen LogP contribution in [-0.2, 0) is 6.42 Å². The first-order chi connectivity index (χ1) is 14.2. The van der Waals surface area contributed by atoms with E-state index in [2.05, 4.69) is 50.1 Å². The van der Waals surface area contributed by atoms with Crippen molar-refractivity contribution >= 4 is 11.8 Å². The molecule has 4 heterocycles. The van der Waals surface area contributed by atoms with Gasteiger partial charge in [-0.3, -0.25) is 9.88 Å². The summed E-state index contributed by atoms with van der Waals surface area (Å²) in [5.41, 5.74) is 1.47. The molecule has 0 saturated carbocycles. The molecule has 5 rings (SSSR count). The molecule has 0 aliphatic carbocycles. The Morgan fingerprint density at radius 3 is 2.79 bits per heavy atom. The Bertz CT molecular complexity index is 874. The summed E-state index contributed by atoms with van der Waals surface area (Å²) in [6.07, 6.45) is 9.33. The molecule has 3 aliphatic rings. The van der Waals surface area contributed by atoms with E-state index in [1.54, 1.807) is 6.20 Å². The van der Waals surface area contributed by atoms with Gasteiger partial charge in [-0.2, -0.15) is 0 Å². The molecule has 1 aromatic carbocycles. The van der Waals surface area contributed by atoms with Crippen LogP contribution in [0.5, 0.6) is 0 Å². The van der Waals surface area contributed by atoms with Gasteiger partial charge < -0.3 is 10.0 Å². The number of aromatic carboxylic acids is 1. The first-order valence-corrected chi connectivity index (χ1v) is 10.8. The zero-order valence-corrected chi connectivity index (χ0v) is 16.7. The third kappa shape index (κ3) is 3.73. The topological polar surface area (TPSA) is 69.6 Å². The molecule has 1 N–H and O–H groups in total. The van der Waals surface area contributed by atoms with Crippen molar-refractivity contribution in [2.45, 2.75) is 44.2 Å². The summed E-state index contributed by atoms with van der Waals surface area (Å²) in [4.78, 5) is 24.8. The summed E-state index contributed by atoms with van der Waals surface area (Å²) < 4.78 is 0. The number of anilines is 1. The smallest absolute Gasteiger partial charge is 0.356 e. The highest BCUT2D eigenvalue weighted by Gasteiger charge is 2.44. The number of fused-ring (bicyclic) bond motifs is 4. The van der Waals surface area contributed by atoms with E-state index in [4.69, 9.17) is 0 Å². The minimum absolute atomic E-state index is 0.0282. The third-order valence-electron chi connectivity index (χ3n) is 6.99. The van der Waals surface area contributed by atoms with Crippen molar-refractivity contribution in [1.29, 1.82) is 0 Å². The van der Waals surface area contributed by atoms with Gasteiger partial charge in [-0.1, -0.05) is 36.8 Å². The van der Waals surface area contributed by atoms with E-state index in [-0.39, 0.29) is 5.69 Å². The highest BCUT2D eigenvalue weighted by atomic mass is 16.4. The largest absolute Gasteiger partial charge is 0.476 e. The fourth-order valence-electron chi connectivity index (χ4n) is 5.82. The Morgan fingerprint density at radius 2 is 1.97 bits per heavy atom. The van der Waals surface area contributed by atoms with Crippen LogP contribution in [0.25, 0.3) is 0 Å². The molecule has 0 unspecified atom stereocenters. The van der Waals surface area contributed by atoms with Crippen molar-refractivity contribution in [1.82, 2.24) is 14.9 Å². The Balaban J connectivity index is 1.33. The summed E-state index contributed by atoms with van der Waals surface area (Å²) in [5, 5.41) is 9.25. The molecule has 3 saturated heterocycles. The van der Waals surface area contributed by atoms with E-state index in [0.717, 1.165) is 26.1 Å². The second-order valence-electron chi connectivity index (χ2n) is 8.87. The number of hydrogen-bond acceptors (Lipinski definition) is 5. The molecule has 2 aromatic rings. The molecule has 2 bridgehead atoms. The van der Waals surface area contributed by atoms with Crippen LogP contribution in [0, 0.1) is 11.8 Å². The van der Waals surface area contributed by atoms with Crippen molar-refractivity contribution < 1.29 is 9.90 Å². The Kier molecular flexibility index (Phi) is 4.96. The van der Waals surface area contributed by atoms with E-state index >= 15 is 0 Å². The SMILES string of the molecule is O=C(O)c1cncc(N2C[C@@H]3C[C@H](C2)[C@@H]2CCC[C@H](Cc4ccccc4)N2C3)n1. The lowest BCUT2D eigenvalue weighted by Gasteiger charge is -2.55. The monoisotopic (exact) mass is 392 g/mol. The van der Waals surface area contributed by atoms with Crippen LogP contribution in [-0.4, -0.2) is 57.7 Å². The Morgan fingerprint density at radius 1 is 1.10 bits per heavy atom. The fraction of sp³-hybridized carbons (Fsp3) is 0.522. The minimum Gasteiger partial charge on any atom is -0.476 e. The molecule has 29 heavy (non-hydrogen) atoms. The fourth-order valence-corrected chi connectivity index (χ4v) is 5.82. The lowest BCUT2D eigenvalue weighted by atomic mass is 9.74. The van der Waals surface area contributed by atoms with Crippen LogP contribution in [0.15, 0.2) is 42.7 Å². The van der Waals surface area contributed by atoms with Gasteiger partial charge in [-0.05, 0) is 43.1 Å². The van der Waals surface area contributed by atoms with Crippen molar-refractivity contribution in [2.24, 2.45) is 11.8 Å². The molecule has 0 radical (unpaired) electrons. The van der Waals surface area contributed by atoms with Gasteiger partial charge in [0.2, 0.25) is 0 Å². The van der Waals surface area contributed by atoms with Crippen molar-refractivity contribution in [3.05, 3.63) is 54.0 Å². The molecular formula is C23H28N4O2. The third-order valence-corrected chi connectivity index (χ3v) is 6.99. The van der Waals surface area contributed by atoms with Gasteiger partial charge in [0.1, 0.15) is 5.82 Å². The molecule has 1 aromatic heterocycles. The van der Waals surface area contributed by atoms with Crippen LogP contribution in [0.2, 0.25) is 0 Å². The maximum absolute atomic E-state index is 11.3. The normalized spacial score (nSPS) is 29.3. The molecule has 0 amide bonds. The molecule has 152 valence electrons. The number of carboxylic acid groups (broad SMARTS) is 1. The zero-order chi connectivity index (χ0) is 19.8. The van der Waals surface area contributed by atoms with Crippen LogP contribution in [0.1, 0.15) is 41.7 Å². The second-order valence-corrected chi connectivity index (χ2v) is 8.87. The van der Waals surface area contributed by atoms with Gasteiger partial charge >= 0.3 is 5.97 Å². The van der Waals surface area contributed by atoms with Gasteiger partial charge in [0.15, 0.2) is 5.69 Å². The standard InChI is InChI=1S/C23H28N4O2/c28-23(29)20-11-24-12-22(25-20)26-13-17-9-18(15-26)21-8-4-7-19(27(21)14-17)10-16-5-2-1-3-6-16/h1-3,5-6,11-12,17-19,21H,4,7-10,13-15H2,(H,28,29)/t17-,18+,19+,21-/m0/s1. The average molecular weight is 393 g/mol. The molecular weight excluding hydrogens is 364 g/mol. The first kappa shape index (κ1) is 18.6. The summed E-state index contributed by atoms with van der Waals surface area (Å²) in [5.74, 6) is 0.927. The molecule has 4 atom stereocenters. The molecule has 3 aliphatic heterocycles. The van der Waals surface area contributed by atoms with E-state index < -0.39 is 5.97 Å².